The molecule has 5 heteroatoms. The largest absolute Gasteiger partial charge is 0.380 e. The summed E-state index contributed by atoms with van der Waals surface area (Å²) in [5, 5.41) is 3.81. The van der Waals surface area contributed by atoms with E-state index in [9.17, 15) is 4.39 Å². The van der Waals surface area contributed by atoms with Gasteiger partial charge in [0.1, 0.15) is 0 Å². The summed E-state index contributed by atoms with van der Waals surface area (Å²) in [4.78, 5) is 3.56. The molecule has 0 amide bonds. The number of nitrogens with zero attached hydrogens (tertiary/aromatic N) is 1. The maximum atomic E-state index is 12.6. The fourth-order valence-corrected chi connectivity index (χ4v) is 1.95. The topological polar surface area (TPSA) is 24.9 Å². The molecule has 0 aliphatic carbocycles. The fourth-order valence-electron chi connectivity index (χ4n) is 1.36. The summed E-state index contributed by atoms with van der Waals surface area (Å²) in [6, 6.07) is 8.59. The smallest absolute Gasteiger partial charge is 0.212 e. The minimum absolute atomic E-state index is 0.490. The first kappa shape index (κ1) is 12.3. The molecule has 0 bridgehead atoms. The first-order valence-corrected chi connectivity index (χ1v) is 6.11. The van der Waals surface area contributed by atoms with Gasteiger partial charge in [0.15, 0.2) is 0 Å². The molecule has 1 aromatic heterocycles. The van der Waals surface area contributed by atoms with Crippen LogP contribution in [0.15, 0.2) is 41.0 Å². The Morgan fingerprint density at radius 3 is 2.82 bits per heavy atom. The van der Waals surface area contributed by atoms with Crippen LogP contribution in [0.3, 0.4) is 0 Å². The monoisotopic (exact) mass is 314 g/mol. The minimum Gasteiger partial charge on any atom is -0.380 e. The second-order valence-corrected chi connectivity index (χ2v) is 4.78. The highest BCUT2D eigenvalue weighted by Crippen LogP contribution is 2.21. The zero-order valence-electron chi connectivity index (χ0n) is 8.75. The molecule has 0 saturated carbocycles. The van der Waals surface area contributed by atoms with Crippen LogP contribution in [-0.4, -0.2) is 4.98 Å². The third kappa shape index (κ3) is 3.41. The maximum absolute atomic E-state index is 12.6. The summed E-state index contributed by atoms with van der Waals surface area (Å²) in [7, 11) is 0. The Morgan fingerprint density at radius 2 is 2.12 bits per heavy atom. The molecule has 0 radical (unpaired) electrons. The van der Waals surface area contributed by atoms with Gasteiger partial charge >= 0.3 is 0 Å². The molecule has 0 aliphatic heterocycles. The van der Waals surface area contributed by atoms with E-state index in [1.54, 1.807) is 6.07 Å². The van der Waals surface area contributed by atoms with Crippen LogP contribution >= 0.6 is 27.5 Å². The van der Waals surface area contributed by atoms with Gasteiger partial charge in [-0.15, -0.1) is 0 Å². The molecular weight excluding hydrogens is 307 g/mol. The van der Waals surface area contributed by atoms with Gasteiger partial charge in [-0.1, -0.05) is 27.5 Å². The predicted octanol–water partition coefficient (Wildman–Crippen LogP) is 4.25. The van der Waals surface area contributed by atoms with Gasteiger partial charge in [0.05, 0.1) is 11.9 Å². The molecule has 1 heterocycles. The quantitative estimate of drug-likeness (QED) is 0.857. The van der Waals surface area contributed by atoms with Crippen LogP contribution < -0.4 is 5.32 Å². The van der Waals surface area contributed by atoms with E-state index < -0.39 is 5.95 Å². The van der Waals surface area contributed by atoms with Crippen LogP contribution in [0, 0.1) is 5.95 Å². The van der Waals surface area contributed by atoms with Crippen LogP contribution in [0.5, 0.6) is 0 Å². The van der Waals surface area contributed by atoms with Gasteiger partial charge in [-0.25, -0.2) is 4.98 Å². The molecule has 1 aromatic carbocycles. The number of hydrogen-bond donors (Lipinski definition) is 1. The van der Waals surface area contributed by atoms with Crippen molar-refractivity contribution >= 4 is 33.2 Å². The van der Waals surface area contributed by atoms with Crippen molar-refractivity contribution in [2.24, 2.45) is 0 Å². The van der Waals surface area contributed by atoms with E-state index in [4.69, 9.17) is 11.6 Å². The lowest BCUT2D eigenvalue weighted by Crippen LogP contribution is -2.00. The molecular formula is C12H9BrClFN2. The van der Waals surface area contributed by atoms with Crippen LogP contribution in [0.1, 0.15) is 5.56 Å². The summed E-state index contributed by atoms with van der Waals surface area (Å²) in [6.07, 6.45) is 1.45. The van der Waals surface area contributed by atoms with Crippen molar-refractivity contribution in [3.8, 4) is 0 Å². The second-order valence-electron chi connectivity index (χ2n) is 3.46. The van der Waals surface area contributed by atoms with Gasteiger partial charge < -0.3 is 5.32 Å². The molecule has 0 atom stereocenters. The fraction of sp³-hybridized carbons (Fsp3) is 0.0833. The van der Waals surface area contributed by atoms with E-state index in [1.165, 1.54) is 12.3 Å². The Labute approximate surface area is 112 Å². The summed E-state index contributed by atoms with van der Waals surface area (Å²) >= 11 is 9.43. The Balaban J connectivity index is 2.07. The molecule has 1 N–H and O–H groups in total. The molecule has 17 heavy (non-hydrogen) atoms. The molecule has 0 unspecified atom stereocenters. The molecule has 2 aromatic rings. The summed E-state index contributed by atoms with van der Waals surface area (Å²) in [5.41, 5.74) is 1.72. The van der Waals surface area contributed by atoms with Crippen molar-refractivity contribution in [2.75, 3.05) is 5.32 Å². The number of pyridine rings is 1. The SMILES string of the molecule is Fc1ccc(NCc2cc(Br)ccc2Cl)cn1. The van der Waals surface area contributed by atoms with Gasteiger partial charge in [0.25, 0.3) is 0 Å². The van der Waals surface area contributed by atoms with Gasteiger partial charge in [-0.3, -0.25) is 0 Å². The van der Waals surface area contributed by atoms with Gasteiger partial charge in [-0.2, -0.15) is 4.39 Å². The Bertz CT molecular complexity index is 516. The summed E-state index contributed by atoms with van der Waals surface area (Å²) in [5.74, 6) is -0.490. The van der Waals surface area contributed by atoms with Crippen LogP contribution in [0.4, 0.5) is 10.1 Å². The highest BCUT2D eigenvalue weighted by Gasteiger charge is 2.01. The number of nitrogens with one attached hydrogen (secondary N) is 1. The lowest BCUT2D eigenvalue weighted by molar-refractivity contribution is 0.584. The van der Waals surface area contributed by atoms with Crippen molar-refractivity contribution in [2.45, 2.75) is 6.54 Å². The molecule has 0 saturated heterocycles. The highest BCUT2D eigenvalue weighted by atomic mass is 79.9. The third-order valence-electron chi connectivity index (χ3n) is 2.22. The first-order valence-electron chi connectivity index (χ1n) is 4.94. The van der Waals surface area contributed by atoms with Gasteiger partial charge in [-0.05, 0) is 35.9 Å². The number of benzene rings is 1. The average molecular weight is 316 g/mol. The Hall–Kier alpha value is -1.13. The number of halogens is 3. The van der Waals surface area contributed by atoms with Crippen molar-refractivity contribution < 1.29 is 4.39 Å². The molecule has 88 valence electrons. The van der Waals surface area contributed by atoms with E-state index in [1.807, 2.05) is 18.2 Å². The lowest BCUT2D eigenvalue weighted by Gasteiger charge is -2.08. The van der Waals surface area contributed by atoms with E-state index >= 15 is 0 Å². The number of rotatable bonds is 3. The first-order chi connectivity index (χ1) is 8.15. The molecule has 2 rings (SSSR count). The van der Waals surface area contributed by atoms with E-state index in [-0.39, 0.29) is 0 Å². The van der Waals surface area contributed by atoms with E-state index in [0.717, 1.165) is 15.7 Å². The zero-order chi connectivity index (χ0) is 12.3. The Morgan fingerprint density at radius 1 is 1.29 bits per heavy atom. The molecule has 0 aliphatic rings. The van der Waals surface area contributed by atoms with Gasteiger partial charge in [0, 0.05) is 16.0 Å². The van der Waals surface area contributed by atoms with Crippen molar-refractivity contribution in [3.05, 3.63) is 57.5 Å². The third-order valence-corrected chi connectivity index (χ3v) is 3.08. The average Bonchev–Trinajstić information content (AvgIpc) is 2.32. The van der Waals surface area contributed by atoms with Crippen LogP contribution in [0.25, 0.3) is 0 Å². The number of anilines is 1. The minimum atomic E-state index is -0.490. The van der Waals surface area contributed by atoms with E-state index in [2.05, 4.69) is 26.2 Å². The predicted molar refractivity (Wildman–Crippen MR) is 70.7 cm³/mol. The highest BCUT2D eigenvalue weighted by molar-refractivity contribution is 9.10. The number of hydrogen-bond acceptors (Lipinski definition) is 2. The van der Waals surface area contributed by atoms with Gasteiger partial charge in [0.2, 0.25) is 5.95 Å². The standard InChI is InChI=1S/C12H9BrClFN2/c13-9-1-3-11(14)8(5-9)6-16-10-2-4-12(15)17-7-10/h1-5,7,16H,6H2. The molecule has 0 spiro atoms. The summed E-state index contributed by atoms with van der Waals surface area (Å²) < 4.78 is 13.6. The lowest BCUT2D eigenvalue weighted by atomic mass is 10.2. The second kappa shape index (κ2) is 5.47. The maximum Gasteiger partial charge on any atom is 0.212 e. The Kier molecular flexibility index (Phi) is 3.97. The molecule has 2 nitrogen and oxygen atoms in total. The zero-order valence-corrected chi connectivity index (χ0v) is 11.1. The van der Waals surface area contributed by atoms with E-state index in [0.29, 0.717) is 11.6 Å². The van der Waals surface area contributed by atoms with Crippen LogP contribution in [-0.2, 0) is 6.54 Å². The van der Waals surface area contributed by atoms with Crippen LogP contribution in [0.2, 0.25) is 5.02 Å². The summed E-state index contributed by atoms with van der Waals surface area (Å²) in [6.45, 7) is 0.561. The van der Waals surface area contributed by atoms with Crippen molar-refractivity contribution in [1.82, 2.24) is 4.98 Å². The molecule has 0 fully saturated rings. The van der Waals surface area contributed by atoms with Crippen molar-refractivity contribution in [3.63, 3.8) is 0 Å². The van der Waals surface area contributed by atoms with Crippen molar-refractivity contribution in [1.29, 1.82) is 0 Å². The number of aromatic nitrogens is 1. The normalized spacial score (nSPS) is 10.3.